The molecule has 0 amide bonds. The van der Waals surface area contributed by atoms with Crippen LogP contribution in [0.4, 0.5) is 0 Å². The second-order valence-corrected chi connectivity index (χ2v) is 12.6. The summed E-state index contributed by atoms with van der Waals surface area (Å²) in [6.07, 6.45) is 25.6. The fourth-order valence-corrected chi connectivity index (χ4v) is 4.85. The molecule has 43 heavy (non-hydrogen) atoms. The van der Waals surface area contributed by atoms with Gasteiger partial charge >= 0.3 is 6.01 Å². The summed E-state index contributed by atoms with van der Waals surface area (Å²) in [5, 5.41) is 0. The number of ether oxygens (including phenoxy) is 5. The monoisotopic (exact) mass is 632 g/mol. The van der Waals surface area contributed by atoms with Crippen LogP contribution in [-0.4, -0.2) is 90.2 Å². The van der Waals surface area contributed by atoms with Crippen molar-refractivity contribution in [1.29, 1.82) is 0 Å². The molecule has 0 spiro atoms. The third kappa shape index (κ3) is 29.1. The molecule has 0 saturated carbocycles. The van der Waals surface area contributed by atoms with Crippen LogP contribution in [0.3, 0.4) is 0 Å². The van der Waals surface area contributed by atoms with Crippen molar-refractivity contribution in [2.24, 2.45) is 0 Å². The number of hydrogen-bond acceptors (Lipinski definition) is 10. The predicted octanol–water partition coefficient (Wildman–Crippen LogP) is 6.53. The first kappa shape index (κ1) is 39.7. The molecular weight excluding hydrogens is 572 g/mol. The molecule has 1 heterocycles. The van der Waals surface area contributed by atoms with Crippen molar-refractivity contribution < 1.29 is 36.3 Å². The largest absolute Gasteiger partial charge is 0.455 e. The molecule has 0 saturated heterocycles. The molecule has 0 aromatic carbocycles. The smallest absolute Gasteiger partial charge is 0.316 e. The topological polar surface area (TPSA) is 115 Å². The number of nitrogens with zero attached hydrogens (tertiary/aromatic N) is 2. The Kier molecular flexibility index (Phi) is 27.1. The van der Waals surface area contributed by atoms with Gasteiger partial charge in [0.1, 0.15) is 6.10 Å². The van der Waals surface area contributed by atoms with E-state index in [9.17, 15) is 8.42 Å². The first-order valence-corrected chi connectivity index (χ1v) is 18.4. The second kappa shape index (κ2) is 29.3. The maximum absolute atomic E-state index is 10.9. The Hall–Kier alpha value is -1.37. The van der Waals surface area contributed by atoms with E-state index < -0.39 is 10.1 Å². The van der Waals surface area contributed by atoms with Crippen LogP contribution in [0.25, 0.3) is 0 Å². The number of hydrogen-bond donors (Lipinski definition) is 0. The molecule has 1 unspecified atom stereocenters. The molecule has 1 aromatic rings. The Bertz CT molecular complexity index is 817. The summed E-state index contributed by atoms with van der Waals surface area (Å²) in [4.78, 5) is 8.27. The zero-order valence-electron chi connectivity index (χ0n) is 27.1. The second-order valence-electron chi connectivity index (χ2n) is 11.0. The molecule has 0 aliphatic carbocycles. The van der Waals surface area contributed by atoms with Crippen LogP contribution >= 0.6 is 0 Å². The van der Waals surface area contributed by atoms with Crippen molar-refractivity contribution in [2.45, 2.75) is 116 Å². The van der Waals surface area contributed by atoms with Crippen LogP contribution in [0.5, 0.6) is 6.01 Å². The summed E-state index contributed by atoms with van der Waals surface area (Å²) >= 11 is 0. The first-order chi connectivity index (χ1) is 21.0. The van der Waals surface area contributed by atoms with E-state index >= 15 is 0 Å². The lowest BCUT2D eigenvalue weighted by atomic mass is 10.0. The molecule has 11 heteroatoms. The van der Waals surface area contributed by atoms with Crippen molar-refractivity contribution >= 4 is 10.1 Å². The average Bonchev–Trinajstić information content (AvgIpc) is 2.99. The van der Waals surface area contributed by atoms with E-state index in [4.69, 9.17) is 23.7 Å². The molecule has 252 valence electrons. The van der Waals surface area contributed by atoms with Crippen molar-refractivity contribution in [3.8, 4) is 6.01 Å². The standard InChI is InChI=1S/C32H60N2O8S/c1-3-4-5-6-7-8-9-10-11-12-13-14-15-16-17-18-22-39-29-31(42-32-33-20-19-21-34-32)30-40-26-25-37-23-24-38-27-28-41-43(2,35)36/h19-21,31H,3-18,22-30H2,1-2H3. The Morgan fingerprint density at radius 2 is 1.00 bits per heavy atom. The average molecular weight is 633 g/mol. The zero-order chi connectivity index (χ0) is 31.1. The van der Waals surface area contributed by atoms with Gasteiger partial charge in [-0.2, -0.15) is 8.42 Å². The third-order valence-electron chi connectivity index (χ3n) is 6.83. The maximum Gasteiger partial charge on any atom is 0.316 e. The van der Waals surface area contributed by atoms with Crippen molar-refractivity contribution in [3.05, 3.63) is 18.5 Å². The van der Waals surface area contributed by atoms with Crippen molar-refractivity contribution in [2.75, 3.05) is 65.7 Å². The van der Waals surface area contributed by atoms with E-state index in [0.717, 1.165) is 12.7 Å². The molecule has 0 fully saturated rings. The summed E-state index contributed by atoms with van der Waals surface area (Å²) in [7, 11) is -3.43. The van der Waals surface area contributed by atoms with Crippen LogP contribution in [0, 0.1) is 0 Å². The van der Waals surface area contributed by atoms with Gasteiger partial charge in [0, 0.05) is 19.0 Å². The molecular formula is C32H60N2O8S. The predicted molar refractivity (Wildman–Crippen MR) is 170 cm³/mol. The number of unbranched alkanes of at least 4 members (excludes halogenated alkanes) is 15. The van der Waals surface area contributed by atoms with Crippen LogP contribution in [0.2, 0.25) is 0 Å². The van der Waals surface area contributed by atoms with E-state index in [2.05, 4.69) is 21.1 Å². The number of rotatable bonds is 33. The van der Waals surface area contributed by atoms with Gasteiger partial charge in [0.2, 0.25) is 0 Å². The molecule has 0 aliphatic heterocycles. The van der Waals surface area contributed by atoms with Gasteiger partial charge in [0.05, 0.1) is 59.1 Å². The van der Waals surface area contributed by atoms with Gasteiger partial charge in [0.25, 0.3) is 10.1 Å². The van der Waals surface area contributed by atoms with E-state index in [0.29, 0.717) is 52.3 Å². The van der Waals surface area contributed by atoms with Crippen molar-refractivity contribution in [3.63, 3.8) is 0 Å². The Balaban J connectivity index is 2.00. The van der Waals surface area contributed by atoms with Crippen LogP contribution < -0.4 is 4.74 Å². The third-order valence-corrected chi connectivity index (χ3v) is 7.43. The zero-order valence-corrected chi connectivity index (χ0v) is 27.9. The molecule has 1 aromatic heterocycles. The van der Waals surface area contributed by atoms with Gasteiger partial charge in [-0.1, -0.05) is 103 Å². The Morgan fingerprint density at radius 1 is 0.581 bits per heavy atom. The Morgan fingerprint density at radius 3 is 1.49 bits per heavy atom. The lowest BCUT2D eigenvalue weighted by Crippen LogP contribution is -2.30. The molecule has 0 aliphatic rings. The SMILES string of the molecule is CCCCCCCCCCCCCCCCCCOCC(COCCOCCOCCOS(C)(=O)=O)Oc1ncccn1. The molecule has 1 rings (SSSR count). The van der Waals surface area contributed by atoms with Gasteiger partial charge in [-0.05, 0) is 12.5 Å². The van der Waals surface area contributed by atoms with Crippen LogP contribution in [0.15, 0.2) is 18.5 Å². The maximum atomic E-state index is 10.9. The summed E-state index contributed by atoms with van der Waals surface area (Å²) in [5.74, 6) is 0. The van der Waals surface area contributed by atoms with E-state index in [-0.39, 0.29) is 19.3 Å². The van der Waals surface area contributed by atoms with Gasteiger partial charge in [-0.25, -0.2) is 9.97 Å². The fourth-order valence-electron chi connectivity index (χ4n) is 4.48. The highest BCUT2D eigenvalue weighted by atomic mass is 32.2. The Labute approximate surface area is 262 Å². The molecule has 0 N–H and O–H groups in total. The minimum atomic E-state index is -3.43. The van der Waals surface area contributed by atoms with Crippen LogP contribution in [-0.2, 0) is 33.2 Å². The highest BCUT2D eigenvalue weighted by molar-refractivity contribution is 7.85. The molecule has 0 bridgehead atoms. The fraction of sp³-hybridized carbons (Fsp3) is 0.875. The van der Waals surface area contributed by atoms with E-state index in [1.54, 1.807) is 18.5 Å². The first-order valence-electron chi connectivity index (χ1n) is 16.6. The lowest BCUT2D eigenvalue weighted by molar-refractivity contribution is -0.0312. The molecule has 0 radical (unpaired) electrons. The lowest BCUT2D eigenvalue weighted by Gasteiger charge is -2.18. The van der Waals surface area contributed by atoms with Crippen LogP contribution in [0.1, 0.15) is 110 Å². The summed E-state index contributed by atoms with van der Waals surface area (Å²) in [6, 6.07) is 2.04. The minimum Gasteiger partial charge on any atom is -0.455 e. The number of aromatic nitrogens is 2. The van der Waals surface area contributed by atoms with Gasteiger partial charge < -0.3 is 23.7 Å². The molecule has 1 atom stereocenters. The van der Waals surface area contributed by atoms with Crippen molar-refractivity contribution in [1.82, 2.24) is 9.97 Å². The van der Waals surface area contributed by atoms with E-state index in [1.165, 1.54) is 96.3 Å². The summed E-state index contributed by atoms with van der Waals surface area (Å²) < 4.78 is 54.6. The quantitative estimate of drug-likeness (QED) is 0.0626. The highest BCUT2D eigenvalue weighted by Gasteiger charge is 2.13. The van der Waals surface area contributed by atoms with Gasteiger partial charge in [-0.15, -0.1) is 0 Å². The normalized spacial score (nSPS) is 12.5. The highest BCUT2D eigenvalue weighted by Crippen LogP contribution is 2.14. The molecule has 10 nitrogen and oxygen atoms in total. The van der Waals surface area contributed by atoms with E-state index in [1.807, 2.05) is 0 Å². The minimum absolute atomic E-state index is 0.00396. The van der Waals surface area contributed by atoms with Gasteiger partial charge in [-0.3, -0.25) is 4.18 Å². The van der Waals surface area contributed by atoms with Gasteiger partial charge in [0.15, 0.2) is 0 Å². The summed E-state index contributed by atoms with van der Waals surface area (Å²) in [5.41, 5.74) is 0. The summed E-state index contributed by atoms with van der Waals surface area (Å²) in [6.45, 7) is 5.42.